The maximum Gasteiger partial charge on any atom is 0.0181 e. The molecule has 0 unspecified atom stereocenters. The average Bonchev–Trinajstić information content (AvgIpc) is 1.88. The van der Waals surface area contributed by atoms with Crippen LogP contribution in [0.15, 0.2) is 28.7 Å². The van der Waals surface area contributed by atoms with Gasteiger partial charge in [-0.05, 0) is 30.7 Å². The third kappa shape index (κ3) is 1.99. The molecule has 0 saturated heterocycles. The van der Waals surface area contributed by atoms with Gasteiger partial charge >= 0.3 is 0 Å². The van der Waals surface area contributed by atoms with E-state index in [1.54, 1.807) is 0 Å². The Bertz CT molecular complexity index is 238. The Labute approximate surface area is 69.7 Å². The smallest absolute Gasteiger partial charge is 0.0181 e. The van der Waals surface area contributed by atoms with Gasteiger partial charge in [-0.3, -0.25) is 0 Å². The number of halogens is 1. The van der Waals surface area contributed by atoms with Gasteiger partial charge in [-0.15, -0.1) is 0 Å². The SMILES string of the molecule is C[C]=Cc1cccc(Br)c1. The summed E-state index contributed by atoms with van der Waals surface area (Å²) in [5, 5.41) is 0. The third-order valence-corrected chi connectivity index (χ3v) is 1.65. The standard InChI is InChI=1S/C9H8Br/c1-2-4-8-5-3-6-9(10)7-8/h3-7H,1H3. The van der Waals surface area contributed by atoms with Gasteiger partial charge in [0.2, 0.25) is 0 Å². The number of hydrogen-bond donors (Lipinski definition) is 0. The van der Waals surface area contributed by atoms with Crippen molar-refractivity contribution in [3.05, 3.63) is 40.4 Å². The lowest BCUT2D eigenvalue weighted by Crippen LogP contribution is -1.69. The fourth-order valence-corrected chi connectivity index (χ4v) is 1.18. The third-order valence-electron chi connectivity index (χ3n) is 1.16. The summed E-state index contributed by atoms with van der Waals surface area (Å²) in [6.07, 6.45) is 4.91. The molecule has 0 N–H and O–H groups in total. The van der Waals surface area contributed by atoms with Gasteiger partial charge in [0.15, 0.2) is 0 Å². The van der Waals surface area contributed by atoms with Crippen LogP contribution in [0.3, 0.4) is 0 Å². The van der Waals surface area contributed by atoms with Crippen LogP contribution in [0.4, 0.5) is 0 Å². The fraction of sp³-hybridized carbons (Fsp3) is 0.111. The average molecular weight is 196 g/mol. The first-order valence-electron chi connectivity index (χ1n) is 3.09. The maximum absolute atomic E-state index is 3.38. The zero-order chi connectivity index (χ0) is 7.40. The van der Waals surface area contributed by atoms with Crippen molar-refractivity contribution in [2.24, 2.45) is 0 Å². The number of rotatable bonds is 1. The Hall–Kier alpha value is -0.560. The van der Waals surface area contributed by atoms with Crippen LogP contribution in [0.25, 0.3) is 6.08 Å². The summed E-state index contributed by atoms with van der Waals surface area (Å²) < 4.78 is 1.11. The Morgan fingerprint density at radius 1 is 1.50 bits per heavy atom. The van der Waals surface area contributed by atoms with Gasteiger partial charge in [0.05, 0.1) is 0 Å². The minimum atomic E-state index is 1.11. The van der Waals surface area contributed by atoms with Crippen LogP contribution in [-0.4, -0.2) is 0 Å². The van der Waals surface area contributed by atoms with Crippen LogP contribution in [0.1, 0.15) is 12.5 Å². The van der Waals surface area contributed by atoms with E-state index in [1.807, 2.05) is 31.2 Å². The molecule has 0 amide bonds. The van der Waals surface area contributed by atoms with Crippen molar-refractivity contribution in [1.82, 2.24) is 0 Å². The van der Waals surface area contributed by atoms with Crippen LogP contribution in [0, 0.1) is 6.08 Å². The predicted molar refractivity (Wildman–Crippen MR) is 47.5 cm³/mol. The van der Waals surface area contributed by atoms with Crippen molar-refractivity contribution in [3.63, 3.8) is 0 Å². The molecule has 1 radical (unpaired) electrons. The van der Waals surface area contributed by atoms with Gasteiger partial charge in [-0.2, -0.15) is 0 Å². The number of allylic oxidation sites excluding steroid dienone is 1. The molecule has 51 valence electrons. The van der Waals surface area contributed by atoms with Crippen LogP contribution in [0.5, 0.6) is 0 Å². The van der Waals surface area contributed by atoms with Crippen LogP contribution in [0.2, 0.25) is 0 Å². The quantitative estimate of drug-likeness (QED) is 0.646. The first-order valence-corrected chi connectivity index (χ1v) is 3.88. The van der Waals surface area contributed by atoms with E-state index >= 15 is 0 Å². The van der Waals surface area contributed by atoms with E-state index in [-0.39, 0.29) is 0 Å². The summed E-state index contributed by atoms with van der Waals surface area (Å²) in [7, 11) is 0. The summed E-state index contributed by atoms with van der Waals surface area (Å²) in [5.41, 5.74) is 1.18. The van der Waals surface area contributed by atoms with Crippen LogP contribution in [-0.2, 0) is 0 Å². The van der Waals surface area contributed by atoms with Crippen molar-refractivity contribution in [1.29, 1.82) is 0 Å². The predicted octanol–water partition coefficient (Wildman–Crippen LogP) is 3.29. The molecule has 0 aliphatic heterocycles. The molecule has 0 aliphatic carbocycles. The molecule has 1 aromatic rings. The molecule has 0 atom stereocenters. The molecule has 1 rings (SSSR count). The van der Waals surface area contributed by atoms with Crippen molar-refractivity contribution < 1.29 is 0 Å². The monoisotopic (exact) mass is 195 g/mol. The molecule has 0 saturated carbocycles. The topological polar surface area (TPSA) is 0 Å². The summed E-state index contributed by atoms with van der Waals surface area (Å²) in [6.45, 7) is 1.89. The second kappa shape index (κ2) is 3.57. The second-order valence-corrected chi connectivity index (χ2v) is 2.90. The van der Waals surface area contributed by atoms with E-state index < -0.39 is 0 Å². The molecule has 1 heteroatoms. The Morgan fingerprint density at radius 3 is 2.90 bits per heavy atom. The van der Waals surface area contributed by atoms with Gasteiger partial charge in [-0.25, -0.2) is 0 Å². The summed E-state index contributed by atoms with van der Waals surface area (Å²) in [5.74, 6) is 0. The van der Waals surface area contributed by atoms with E-state index in [9.17, 15) is 0 Å². The molecule has 0 fully saturated rings. The van der Waals surface area contributed by atoms with E-state index in [1.165, 1.54) is 5.56 Å². The normalized spacial score (nSPS) is 10.6. The van der Waals surface area contributed by atoms with Gasteiger partial charge in [0.25, 0.3) is 0 Å². The highest BCUT2D eigenvalue weighted by atomic mass is 79.9. The molecule has 0 spiro atoms. The van der Waals surface area contributed by atoms with Gasteiger partial charge < -0.3 is 0 Å². The van der Waals surface area contributed by atoms with E-state index in [0.29, 0.717) is 0 Å². The highest BCUT2D eigenvalue weighted by Crippen LogP contribution is 2.12. The van der Waals surface area contributed by atoms with Crippen molar-refractivity contribution in [2.75, 3.05) is 0 Å². The first kappa shape index (κ1) is 7.55. The van der Waals surface area contributed by atoms with Crippen molar-refractivity contribution in [2.45, 2.75) is 6.92 Å². The molecular formula is C9H8Br. The maximum atomic E-state index is 3.38. The largest absolute Gasteiger partial charge is 0.0606 e. The van der Waals surface area contributed by atoms with E-state index in [0.717, 1.165) is 4.47 Å². The fourth-order valence-electron chi connectivity index (χ4n) is 0.763. The van der Waals surface area contributed by atoms with Crippen LogP contribution < -0.4 is 0 Å². The lowest BCUT2D eigenvalue weighted by Gasteiger charge is -1.91. The molecule has 0 nitrogen and oxygen atoms in total. The van der Waals surface area contributed by atoms with Gasteiger partial charge in [0, 0.05) is 4.47 Å². The summed E-state index contributed by atoms with van der Waals surface area (Å²) >= 11 is 3.38. The highest BCUT2D eigenvalue weighted by molar-refractivity contribution is 9.10. The van der Waals surface area contributed by atoms with Crippen molar-refractivity contribution in [3.8, 4) is 0 Å². The lowest BCUT2D eigenvalue weighted by molar-refractivity contribution is 1.59. The Kier molecular flexibility index (Phi) is 2.69. The molecule has 0 heterocycles. The highest BCUT2D eigenvalue weighted by Gasteiger charge is 1.85. The minimum Gasteiger partial charge on any atom is -0.0606 e. The van der Waals surface area contributed by atoms with Crippen LogP contribution >= 0.6 is 15.9 Å². The zero-order valence-electron chi connectivity index (χ0n) is 5.76. The molecular weight excluding hydrogens is 188 g/mol. The van der Waals surface area contributed by atoms with E-state index in [4.69, 9.17) is 0 Å². The minimum absolute atomic E-state index is 1.11. The molecule has 1 aromatic carbocycles. The van der Waals surface area contributed by atoms with E-state index in [2.05, 4.69) is 28.1 Å². The van der Waals surface area contributed by atoms with Gasteiger partial charge in [0.1, 0.15) is 0 Å². The lowest BCUT2D eigenvalue weighted by atomic mass is 10.2. The number of benzene rings is 1. The summed E-state index contributed by atoms with van der Waals surface area (Å²) in [6, 6.07) is 8.11. The molecule has 10 heavy (non-hydrogen) atoms. The zero-order valence-corrected chi connectivity index (χ0v) is 7.35. The molecule has 0 aromatic heterocycles. The van der Waals surface area contributed by atoms with Gasteiger partial charge in [-0.1, -0.05) is 34.1 Å². The summed E-state index contributed by atoms with van der Waals surface area (Å²) in [4.78, 5) is 0. The molecule has 0 bridgehead atoms. The Morgan fingerprint density at radius 2 is 2.30 bits per heavy atom. The molecule has 0 aliphatic rings. The number of hydrogen-bond acceptors (Lipinski definition) is 0. The Balaban J connectivity index is 2.95. The first-order chi connectivity index (χ1) is 4.83. The van der Waals surface area contributed by atoms with Crippen molar-refractivity contribution >= 4 is 22.0 Å². The second-order valence-electron chi connectivity index (χ2n) is 1.99.